The molecule has 0 saturated heterocycles. The summed E-state index contributed by atoms with van der Waals surface area (Å²) in [5.74, 6) is 0.563. The van der Waals surface area contributed by atoms with Crippen molar-refractivity contribution in [3.63, 3.8) is 0 Å². The average molecular weight is 564 g/mol. The lowest BCUT2D eigenvalue weighted by molar-refractivity contribution is 0.0978. The molecule has 0 amide bonds. The fraction of sp³-hybridized carbons (Fsp3) is 0.207. The van der Waals surface area contributed by atoms with Crippen LogP contribution in [0, 0.1) is 6.92 Å². The van der Waals surface area contributed by atoms with Crippen molar-refractivity contribution in [1.82, 2.24) is 5.32 Å². The van der Waals surface area contributed by atoms with Crippen LogP contribution in [-0.2, 0) is 10.0 Å². The monoisotopic (exact) mass is 563 g/mol. The lowest BCUT2D eigenvalue weighted by Crippen LogP contribution is -2.29. The molecule has 0 bridgehead atoms. The first-order valence-electron chi connectivity index (χ1n) is 12.3. The molecule has 1 aliphatic carbocycles. The molecule has 0 unspecified atom stereocenters. The summed E-state index contributed by atoms with van der Waals surface area (Å²) in [7, 11) is 0.333. The molecule has 0 spiro atoms. The van der Waals surface area contributed by atoms with Gasteiger partial charge in [-0.2, -0.15) is 8.42 Å². The van der Waals surface area contributed by atoms with E-state index in [1.807, 2.05) is 6.92 Å². The van der Waals surface area contributed by atoms with Crippen molar-refractivity contribution in [3.05, 3.63) is 89.1 Å². The Balaban J connectivity index is 1.62. The smallest absolute Gasteiger partial charge is 0.283 e. The maximum absolute atomic E-state index is 13.2. The number of allylic oxidation sites excluding steroid dienone is 2. The van der Waals surface area contributed by atoms with Gasteiger partial charge in [0.15, 0.2) is 17.3 Å². The van der Waals surface area contributed by atoms with Gasteiger partial charge in [0.2, 0.25) is 11.5 Å². The minimum Gasteiger partial charge on any atom is -0.493 e. The topological polar surface area (TPSA) is 132 Å². The van der Waals surface area contributed by atoms with Crippen LogP contribution < -0.4 is 24.8 Å². The number of hydrogen-bond donors (Lipinski definition) is 2. The standard InChI is InChI=1S/C29H29N3O7S/c1-18-9-11-20(12-10-18)40(35,36)32-27(31-19-15-25(37-2)29(39-4)26(16-19)38-3)13-14-30-23-17-24(33)21-7-5-6-8-22(21)28(23)34/h5-12,15-17,30H,13-14H2,1-4H3,(H,31,32). The Labute approximate surface area is 232 Å². The zero-order valence-electron chi connectivity index (χ0n) is 22.5. The zero-order valence-corrected chi connectivity index (χ0v) is 23.3. The summed E-state index contributed by atoms with van der Waals surface area (Å²) >= 11 is 0. The minimum absolute atomic E-state index is 0.0302. The van der Waals surface area contributed by atoms with E-state index in [1.165, 1.54) is 39.5 Å². The molecule has 0 atom stereocenters. The Morgan fingerprint density at radius 3 is 2.10 bits per heavy atom. The molecule has 1 aliphatic rings. The summed E-state index contributed by atoms with van der Waals surface area (Å²) in [5.41, 5.74) is 2.11. The van der Waals surface area contributed by atoms with Gasteiger partial charge < -0.3 is 24.8 Å². The van der Waals surface area contributed by atoms with Crippen molar-refractivity contribution in [2.45, 2.75) is 18.2 Å². The Kier molecular flexibility index (Phi) is 8.54. The van der Waals surface area contributed by atoms with Crippen LogP contribution in [0.1, 0.15) is 32.7 Å². The van der Waals surface area contributed by atoms with E-state index in [1.54, 1.807) is 48.5 Å². The average Bonchev–Trinajstić information content (AvgIpc) is 2.95. The van der Waals surface area contributed by atoms with Crippen LogP contribution in [0.2, 0.25) is 0 Å². The number of benzene rings is 3. The quantitative estimate of drug-likeness (QED) is 0.276. The van der Waals surface area contributed by atoms with E-state index in [0.29, 0.717) is 34.1 Å². The number of methoxy groups -OCH3 is 3. The number of amidine groups is 1. The maximum Gasteiger partial charge on any atom is 0.283 e. The van der Waals surface area contributed by atoms with Gasteiger partial charge >= 0.3 is 0 Å². The van der Waals surface area contributed by atoms with Crippen LogP contribution >= 0.6 is 0 Å². The van der Waals surface area contributed by atoms with Gasteiger partial charge in [-0.1, -0.05) is 42.0 Å². The highest BCUT2D eigenvalue weighted by atomic mass is 32.2. The number of aryl methyl sites for hydroxylation is 1. The number of carbonyl (C=O) groups excluding carboxylic acids is 2. The van der Waals surface area contributed by atoms with E-state index in [2.05, 4.69) is 15.0 Å². The molecular formula is C29H29N3O7S. The fourth-order valence-corrected chi connectivity index (χ4v) is 5.13. The second kappa shape index (κ2) is 12.0. The number of Topliss-reactive ketones (excluding diaryl/α,β-unsaturated/α-hetero) is 1. The number of anilines is 1. The van der Waals surface area contributed by atoms with E-state index >= 15 is 0 Å². The number of carbonyl (C=O) groups is 2. The van der Waals surface area contributed by atoms with Gasteiger partial charge in [0.25, 0.3) is 10.0 Å². The molecule has 11 heteroatoms. The van der Waals surface area contributed by atoms with E-state index in [0.717, 1.165) is 5.56 Å². The molecule has 0 fully saturated rings. The minimum atomic E-state index is -4.08. The van der Waals surface area contributed by atoms with Gasteiger partial charge in [-0.3, -0.25) is 9.59 Å². The van der Waals surface area contributed by atoms with Gasteiger partial charge in [0.1, 0.15) is 5.84 Å². The predicted octanol–water partition coefficient (Wildman–Crippen LogP) is 4.16. The van der Waals surface area contributed by atoms with Crippen molar-refractivity contribution >= 4 is 33.1 Å². The first kappa shape index (κ1) is 28.4. The summed E-state index contributed by atoms with van der Waals surface area (Å²) in [5, 5.41) is 6.00. The molecule has 0 saturated carbocycles. The van der Waals surface area contributed by atoms with Gasteiger partial charge in [0.05, 0.1) is 31.9 Å². The Morgan fingerprint density at radius 2 is 1.50 bits per heavy atom. The molecule has 208 valence electrons. The highest BCUT2D eigenvalue weighted by molar-refractivity contribution is 7.90. The van der Waals surface area contributed by atoms with E-state index in [9.17, 15) is 18.0 Å². The van der Waals surface area contributed by atoms with Crippen LogP contribution in [-0.4, -0.2) is 53.7 Å². The van der Waals surface area contributed by atoms with Crippen LogP contribution in [0.4, 0.5) is 5.69 Å². The fourth-order valence-electron chi connectivity index (χ4n) is 4.12. The van der Waals surface area contributed by atoms with E-state index < -0.39 is 10.0 Å². The van der Waals surface area contributed by atoms with Gasteiger partial charge in [-0.15, -0.1) is 4.40 Å². The lowest BCUT2D eigenvalue weighted by Gasteiger charge is -2.18. The molecule has 40 heavy (non-hydrogen) atoms. The predicted molar refractivity (Wildman–Crippen MR) is 151 cm³/mol. The van der Waals surface area contributed by atoms with E-state index in [-0.39, 0.29) is 41.0 Å². The highest BCUT2D eigenvalue weighted by Gasteiger charge is 2.25. The summed E-state index contributed by atoms with van der Waals surface area (Å²) in [6, 6.07) is 16.2. The molecular weight excluding hydrogens is 534 g/mol. The summed E-state index contributed by atoms with van der Waals surface area (Å²) < 4.78 is 46.5. The normalized spacial score (nSPS) is 13.3. The van der Waals surface area contributed by atoms with Crippen LogP contribution in [0.25, 0.3) is 0 Å². The number of nitrogens with one attached hydrogen (secondary N) is 2. The number of ether oxygens (including phenoxy) is 3. The molecule has 0 aromatic heterocycles. The number of rotatable bonds is 10. The Morgan fingerprint density at radius 1 is 0.875 bits per heavy atom. The van der Waals surface area contributed by atoms with Crippen molar-refractivity contribution in [2.75, 3.05) is 33.2 Å². The third-order valence-electron chi connectivity index (χ3n) is 6.14. The van der Waals surface area contributed by atoms with Crippen molar-refractivity contribution in [3.8, 4) is 17.2 Å². The van der Waals surface area contributed by atoms with Crippen LogP contribution in [0.3, 0.4) is 0 Å². The van der Waals surface area contributed by atoms with Crippen molar-refractivity contribution < 1.29 is 32.2 Å². The molecule has 0 radical (unpaired) electrons. The first-order valence-corrected chi connectivity index (χ1v) is 13.7. The second-order valence-electron chi connectivity index (χ2n) is 8.84. The Hall–Kier alpha value is -4.64. The lowest BCUT2D eigenvalue weighted by atomic mass is 9.93. The molecule has 4 rings (SSSR count). The largest absolute Gasteiger partial charge is 0.493 e. The molecule has 3 aromatic carbocycles. The number of ketones is 2. The second-order valence-corrected chi connectivity index (χ2v) is 10.4. The number of hydrogen-bond acceptors (Lipinski definition) is 8. The van der Waals surface area contributed by atoms with Crippen LogP contribution in [0.5, 0.6) is 17.2 Å². The van der Waals surface area contributed by atoms with Gasteiger partial charge in [0, 0.05) is 48.0 Å². The maximum atomic E-state index is 13.2. The molecule has 3 aromatic rings. The van der Waals surface area contributed by atoms with Crippen molar-refractivity contribution in [2.24, 2.45) is 4.40 Å². The zero-order chi connectivity index (χ0) is 28.9. The number of sulfonamides is 1. The molecule has 0 heterocycles. The molecule has 10 nitrogen and oxygen atoms in total. The number of fused-ring (bicyclic) bond motifs is 1. The molecule has 2 N–H and O–H groups in total. The number of nitrogens with zero attached hydrogens (tertiary/aromatic N) is 1. The molecule has 0 aliphatic heterocycles. The van der Waals surface area contributed by atoms with Gasteiger partial charge in [-0.25, -0.2) is 0 Å². The third-order valence-corrected chi connectivity index (χ3v) is 7.47. The first-order chi connectivity index (χ1) is 19.2. The summed E-state index contributed by atoms with van der Waals surface area (Å²) in [4.78, 5) is 25.4. The summed E-state index contributed by atoms with van der Waals surface area (Å²) in [6.07, 6.45) is 1.30. The van der Waals surface area contributed by atoms with E-state index in [4.69, 9.17) is 14.2 Å². The van der Waals surface area contributed by atoms with Crippen LogP contribution in [0.15, 0.2) is 81.7 Å². The Bertz CT molecular complexity index is 1590. The SMILES string of the molecule is COc1cc(NC(CCNC2=CC(=O)c3ccccc3C2=O)=NS(=O)(=O)c2ccc(C)cc2)cc(OC)c1OC. The van der Waals surface area contributed by atoms with Crippen molar-refractivity contribution in [1.29, 1.82) is 0 Å². The summed E-state index contributed by atoms with van der Waals surface area (Å²) in [6.45, 7) is 1.96. The van der Waals surface area contributed by atoms with Gasteiger partial charge in [-0.05, 0) is 19.1 Å². The highest BCUT2D eigenvalue weighted by Crippen LogP contribution is 2.40. The third kappa shape index (κ3) is 6.15.